The lowest BCUT2D eigenvalue weighted by molar-refractivity contribution is 0.280. The molecule has 2 rings (SSSR count). The van der Waals surface area contributed by atoms with E-state index in [9.17, 15) is 8.42 Å². The van der Waals surface area contributed by atoms with Crippen LogP contribution in [0.25, 0.3) is 0 Å². The van der Waals surface area contributed by atoms with Gasteiger partial charge >= 0.3 is 0 Å². The third-order valence-corrected chi connectivity index (χ3v) is 5.32. The van der Waals surface area contributed by atoms with Crippen LogP contribution in [-0.2, 0) is 10.2 Å². The second kappa shape index (κ2) is 5.56. The SMILES string of the molecule is CN1CCN(CCOc2ccc(Br)cc2)S1(=O)=O. The standard InChI is InChI=1S/C11H15BrN2O3S/c1-13-6-7-14(18(13,15)16)8-9-17-11-4-2-10(12)3-5-11/h2-5H,6-9H2,1H3. The zero-order valence-electron chi connectivity index (χ0n) is 10.0. The Bertz CT molecular complexity index is 504. The van der Waals surface area contributed by atoms with Crippen molar-refractivity contribution in [3.8, 4) is 5.75 Å². The highest BCUT2D eigenvalue weighted by Crippen LogP contribution is 2.17. The van der Waals surface area contributed by atoms with E-state index in [2.05, 4.69) is 15.9 Å². The summed E-state index contributed by atoms with van der Waals surface area (Å²) in [7, 11) is -1.66. The third-order valence-electron chi connectivity index (χ3n) is 2.81. The van der Waals surface area contributed by atoms with Gasteiger partial charge in [0.2, 0.25) is 0 Å². The molecule has 1 saturated heterocycles. The molecule has 0 spiro atoms. The van der Waals surface area contributed by atoms with E-state index >= 15 is 0 Å². The maximum Gasteiger partial charge on any atom is 0.281 e. The van der Waals surface area contributed by atoms with Crippen molar-refractivity contribution >= 4 is 26.1 Å². The van der Waals surface area contributed by atoms with Gasteiger partial charge in [0.1, 0.15) is 12.4 Å². The maximum absolute atomic E-state index is 11.8. The van der Waals surface area contributed by atoms with Crippen LogP contribution in [0.2, 0.25) is 0 Å². The van der Waals surface area contributed by atoms with E-state index in [1.807, 2.05) is 24.3 Å². The van der Waals surface area contributed by atoms with Gasteiger partial charge < -0.3 is 4.74 Å². The molecule has 0 atom stereocenters. The van der Waals surface area contributed by atoms with E-state index in [1.54, 1.807) is 7.05 Å². The highest BCUT2D eigenvalue weighted by Gasteiger charge is 2.33. The summed E-state index contributed by atoms with van der Waals surface area (Å²) < 4.78 is 32.8. The van der Waals surface area contributed by atoms with Crippen LogP contribution in [0, 0.1) is 0 Å². The molecule has 0 aromatic heterocycles. The Morgan fingerprint density at radius 2 is 1.94 bits per heavy atom. The molecular formula is C11H15BrN2O3S. The van der Waals surface area contributed by atoms with Gasteiger partial charge in [-0.25, -0.2) is 0 Å². The minimum absolute atomic E-state index is 0.356. The number of ether oxygens (including phenoxy) is 1. The van der Waals surface area contributed by atoms with Crippen molar-refractivity contribution in [3.05, 3.63) is 28.7 Å². The average molecular weight is 335 g/mol. The number of hydrogen-bond acceptors (Lipinski definition) is 3. The summed E-state index contributed by atoms with van der Waals surface area (Å²) in [5.41, 5.74) is 0. The highest BCUT2D eigenvalue weighted by molar-refractivity contribution is 9.10. The molecule has 0 radical (unpaired) electrons. The number of nitrogens with zero attached hydrogens (tertiary/aromatic N) is 2. The summed E-state index contributed by atoms with van der Waals surface area (Å²) >= 11 is 3.34. The maximum atomic E-state index is 11.8. The molecule has 1 aromatic carbocycles. The monoisotopic (exact) mass is 334 g/mol. The van der Waals surface area contributed by atoms with Crippen molar-refractivity contribution in [3.63, 3.8) is 0 Å². The number of hydrogen-bond donors (Lipinski definition) is 0. The molecule has 0 N–H and O–H groups in total. The Labute approximate surface area is 116 Å². The Morgan fingerprint density at radius 3 is 2.50 bits per heavy atom. The largest absolute Gasteiger partial charge is 0.492 e. The van der Waals surface area contributed by atoms with Crippen molar-refractivity contribution in [1.82, 2.24) is 8.61 Å². The van der Waals surface area contributed by atoms with Gasteiger partial charge in [0.05, 0.1) is 0 Å². The molecular weight excluding hydrogens is 320 g/mol. The predicted molar refractivity (Wildman–Crippen MR) is 72.8 cm³/mol. The number of rotatable bonds is 4. The van der Waals surface area contributed by atoms with Crippen LogP contribution >= 0.6 is 15.9 Å². The van der Waals surface area contributed by atoms with E-state index in [0.717, 1.165) is 10.2 Å². The topological polar surface area (TPSA) is 49.9 Å². The molecule has 1 aliphatic heterocycles. The quantitative estimate of drug-likeness (QED) is 0.834. The van der Waals surface area contributed by atoms with Crippen molar-refractivity contribution in [2.24, 2.45) is 0 Å². The van der Waals surface area contributed by atoms with E-state index in [0.29, 0.717) is 26.2 Å². The van der Waals surface area contributed by atoms with Crippen molar-refractivity contribution in [2.75, 3.05) is 33.3 Å². The summed E-state index contributed by atoms with van der Waals surface area (Å²) in [5.74, 6) is 0.739. The fraction of sp³-hybridized carbons (Fsp3) is 0.455. The molecule has 1 fully saturated rings. The molecule has 0 bridgehead atoms. The first kappa shape index (κ1) is 13.8. The van der Waals surface area contributed by atoms with Gasteiger partial charge in [-0.3, -0.25) is 0 Å². The van der Waals surface area contributed by atoms with Crippen LogP contribution in [0.4, 0.5) is 0 Å². The summed E-state index contributed by atoms with van der Waals surface area (Å²) in [4.78, 5) is 0. The fourth-order valence-corrected chi connectivity index (χ4v) is 3.29. The lowest BCUT2D eigenvalue weighted by atomic mass is 10.3. The molecule has 0 amide bonds. The first-order chi connectivity index (χ1) is 8.50. The van der Waals surface area contributed by atoms with Crippen molar-refractivity contribution in [2.45, 2.75) is 0 Å². The lowest BCUT2D eigenvalue weighted by Crippen LogP contribution is -2.33. The highest BCUT2D eigenvalue weighted by atomic mass is 79.9. The second-order valence-electron chi connectivity index (χ2n) is 4.03. The lowest BCUT2D eigenvalue weighted by Gasteiger charge is -2.16. The summed E-state index contributed by atoms with van der Waals surface area (Å²) in [6, 6.07) is 7.45. The molecule has 7 heteroatoms. The Hall–Kier alpha value is -0.630. The Morgan fingerprint density at radius 1 is 1.28 bits per heavy atom. The first-order valence-electron chi connectivity index (χ1n) is 5.60. The van der Waals surface area contributed by atoms with Crippen LogP contribution in [0.5, 0.6) is 5.75 Å². The van der Waals surface area contributed by atoms with Gasteiger partial charge in [-0.05, 0) is 24.3 Å². The molecule has 1 heterocycles. The molecule has 0 unspecified atom stereocenters. The normalized spacial score (nSPS) is 20.1. The number of likely N-dealkylation sites (N-methyl/N-ethyl adjacent to an activating group) is 1. The van der Waals surface area contributed by atoms with E-state index in [-0.39, 0.29) is 0 Å². The molecule has 1 aliphatic rings. The van der Waals surface area contributed by atoms with Crippen LogP contribution in [-0.4, -0.2) is 50.3 Å². The second-order valence-corrected chi connectivity index (χ2v) is 6.98. The van der Waals surface area contributed by atoms with Crippen LogP contribution < -0.4 is 4.74 Å². The number of halogens is 1. The molecule has 5 nitrogen and oxygen atoms in total. The molecule has 100 valence electrons. The Kier molecular flexibility index (Phi) is 4.26. The summed E-state index contributed by atoms with van der Waals surface area (Å²) in [6.45, 7) is 1.81. The van der Waals surface area contributed by atoms with Gasteiger partial charge in [0.15, 0.2) is 0 Å². The zero-order chi connectivity index (χ0) is 13.2. The van der Waals surface area contributed by atoms with Crippen LogP contribution in [0.1, 0.15) is 0 Å². The first-order valence-corrected chi connectivity index (χ1v) is 7.79. The van der Waals surface area contributed by atoms with Crippen molar-refractivity contribution in [1.29, 1.82) is 0 Å². The van der Waals surface area contributed by atoms with E-state index in [1.165, 1.54) is 8.61 Å². The molecule has 0 aliphatic carbocycles. The minimum Gasteiger partial charge on any atom is -0.492 e. The van der Waals surface area contributed by atoms with Gasteiger partial charge in [0, 0.05) is 31.2 Å². The zero-order valence-corrected chi connectivity index (χ0v) is 12.4. The fourth-order valence-electron chi connectivity index (χ4n) is 1.70. The van der Waals surface area contributed by atoms with Gasteiger partial charge in [-0.15, -0.1) is 0 Å². The van der Waals surface area contributed by atoms with Crippen LogP contribution in [0.15, 0.2) is 28.7 Å². The van der Waals surface area contributed by atoms with Gasteiger partial charge in [-0.2, -0.15) is 17.0 Å². The smallest absolute Gasteiger partial charge is 0.281 e. The van der Waals surface area contributed by atoms with Gasteiger partial charge in [0.25, 0.3) is 10.2 Å². The molecule has 1 aromatic rings. The molecule has 18 heavy (non-hydrogen) atoms. The van der Waals surface area contributed by atoms with Crippen molar-refractivity contribution < 1.29 is 13.2 Å². The number of benzene rings is 1. The third kappa shape index (κ3) is 3.03. The predicted octanol–water partition coefficient (Wildman–Crippen LogP) is 1.32. The van der Waals surface area contributed by atoms with E-state index in [4.69, 9.17) is 4.74 Å². The molecule has 0 saturated carbocycles. The van der Waals surface area contributed by atoms with Gasteiger partial charge in [-0.1, -0.05) is 15.9 Å². The summed E-state index contributed by atoms with van der Waals surface area (Å²) in [5, 5.41) is 0. The average Bonchev–Trinajstić information content (AvgIpc) is 2.58. The summed E-state index contributed by atoms with van der Waals surface area (Å²) in [6.07, 6.45) is 0. The van der Waals surface area contributed by atoms with E-state index < -0.39 is 10.2 Å². The van der Waals surface area contributed by atoms with Crippen LogP contribution in [0.3, 0.4) is 0 Å². The minimum atomic E-state index is -3.25. The Balaban J connectivity index is 1.84.